The molecule has 0 aliphatic rings. The van der Waals surface area contributed by atoms with Crippen molar-refractivity contribution in [2.24, 2.45) is 5.73 Å². The van der Waals surface area contributed by atoms with Crippen molar-refractivity contribution >= 4 is 44.7 Å². The predicted octanol–water partition coefficient (Wildman–Crippen LogP) is 4.84. The first-order chi connectivity index (χ1) is 8.97. The zero-order chi connectivity index (χ0) is 14.0. The van der Waals surface area contributed by atoms with E-state index >= 15 is 0 Å². The van der Waals surface area contributed by atoms with Gasteiger partial charge in [0.2, 0.25) is 0 Å². The Morgan fingerprint density at radius 1 is 1.21 bits per heavy atom. The third kappa shape index (κ3) is 3.47. The van der Waals surface area contributed by atoms with Crippen LogP contribution in [0.3, 0.4) is 0 Å². The Balaban J connectivity index is 2.42. The molecule has 0 aliphatic carbocycles. The number of nitrogens with two attached hydrogens (primary N) is 1. The summed E-state index contributed by atoms with van der Waals surface area (Å²) in [5, 5.41) is 0.568. The smallest absolute Gasteiger partial charge is 0.141 e. The fraction of sp³-hybridized carbons (Fsp3) is 0.0714. The second-order valence-corrected chi connectivity index (χ2v) is 5.77. The lowest BCUT2D eigenvalue weighted by Crippen LogP contribution is -2.10. The Kier molecular flexibility index (Phi) is 4.45. The van der Waals surface area contributed by atoms with E-state index in [0.29, 0.717) is 22.1 Å². The van der Waals surface area contributed by atoms with E-state index in [-0.39, 0.29) is 4.99 Å². The van der Waals surface area contributed by atoms with Crippen LogP contribution in [-0.2, 0) is 0 Å². The van der Waals surface area contributed by atoms with Crippen LogP contribution in [-0.4, -0.2) is 4.99 Å². The van der Waals surface area contributed by atoms with Gasteiger partial charge in [-0.25, -0.2) is 0 Å². The zero-order valence-corrected chi connectivity index (χ0v) is 13.3. The SMILES string of the molecule is Cc1ccc(Oc2cc(Cl)ccc2C(N)=S)c(Br)c1. The summed E-state index contributed by atoms with van der Waals surface area (Å²) >= 11 is 14.4. The third-order valence-corrected chi connectivity index (χ3v) is 3.59. The summed E-state index contributed by atoms with van der Waals surface area (Å²) in [6, 6.07) is 11.0. The highest BCUT2D eigenvalue weighted by molar-refractivity contribution is 9.10. The lowest BCUT2D eigenvalue weighted by atomic mass is 10.2. The molecule has 0 fully saturated rings. The molecule has 0 atom stereocenters. The van der Waals surface area contributed by atoms with Crippen LogP contribution in [0.1, 0.15) is 11.1 Å². The number of hydrogen-bond acceptors (Lipinski definition) is 2. The molecule has 2 rings (SSSR count). The van der Waals surface area contributed by atoms with Gasteiger partial charge in [0.25, 0.3) is 0 Å². The van der Waals surface area contributed by atoms with Crippen molar-refractivity contribution < 1.29 is 4.74 Å². The molecule has 0 amide bonds. The Morgan fingerprint density at radius 2 is 1.95 bits per heavy atom. The van der Waals surface area contributed by atoms with E-state index in [1.54, 1.807) is 18.2 Å². The van der Waals surface area contributed by atoms with Crippen LogP contribution in [0.15, 0.2) is 40.9 Å². The molecule has 0 radical (unpaired) electrons. The van der Waals surface area contributed by atoms with Gasteiger partial charge in [-0.15, -0.1) is 0 Å². The van der Waals surface area contributed by atoms with Crippen LogP contribution in [0.2, 0.25) is 5.02 Å². The van der Waals surface area contributed by atoms with Crippen LogP contribution < -0.4 is 10.5 Å². The van der Waals surface area contributed by atoms with Crippen LogP contribution in [0.25, 0.3) is 0 Å². The number of benzene rings is 2. The van der Waals surface area contributed by atoms with Gasteiger partial charge in [0.1, 0.15) is 16.5 Å². The summed E-state index contributed by atoms with van der Waals surface area (Å²) in [6.07, 6.45) is 0. The normalized spacial score (nSPS) is 10.3. The first-order valence-corrected chi connectivity index (χ1v) is 7.08. The number of aryl methyl sites for hydroxylation is 1. The number of halogens is 2. The molecule has 2 aromatic rings. The van der Waals surface area contributed by atoms with Gasteiger partial charge in [-0.1, -0.05) is 29.9 Å². The highest BCUT2D eigenvalue weighted by Gasteiger charge is 2.10. The van der Waals surface area contributed by atoms with Crippen LogP contribution >= 0.6 is 39.7 Å². The molecule has 0 heterocycles. The van der Waals surface area contributed by atoms with E-state index < -0.39 is 0 Å². The number of ether oxygens (including phenoxy) is 1. The van der Waals surface area contributed by atoms with Crippen LogP contribution in [0.5, 0.6) is 11.5 Å². The van der Waals surface area contributed by atoms with E-state index in [0.717, 1.165) is 10.0 Å². The zero-order valence-electron chi connectivity index (χ0n) is 10.1. The quantitative estimate of drug-likeness (QED) is 0.799. The molecule has 2 N–H and O–H groups in total. The standard InChI is InChI=1S/C14H11BrClNOS/c1-8-2-5-12(11(15)6-8)18-13-7-9(16)3-4-10(13)14(17)19/h2-7H,1H3,(H2,17,19). The maximum absolute atomic E-state index is 5.98. The molecular weight excluding hydrogens is 346 g/mol. The largest absolute Gasteiger partial charge is 0.455 e. The number of hydrogen-bond donors (Lipinski definition) is 1. The van der Waals surface area contributed by atoms with E-state index in [2.05, 4.69) is 15.9 Å². The summed E-state index contributed by atoms with van der Waals surface area (Å²) in [5.41, 5.74) is 7.48. The lowest BCUT2D eigenvalue weighted by molar-refractivity contribution is 0.478. The fourth-order valence-electron chi connectivity index (χ4n) is 1.59. The average molecular weight is 357 g/mol. The summed E-state index contributed by atoms with van der Waals surface area (Å²) in [6.45, 7) is 2.01. The van der Waals surface area contributed by atoms with E-state index in [9.17, 15) is 0 Å². The van der Waals surface area contributed by atoms with Gasteiger partial charge in [-0.2, -0.15) is 0 Å². The van der Waals surface area contributed by atoms with Crippen LogP contribution in [0.4, 0.5) is 0 Å². The van der Waals surface area contributed by atoms with Crippen molar-refractivity contribution in [2.45, 2.75) is 6.92 Å². The molecule has 98 valence electrons. The third-order valence-electron chi connectivity index (χ3n) is 2.52. The van der Waals surface area contributed by atoms with Crippen molar-refractivity contribution in [1.29, 1.82) is 0 Å². The van der Waals surface area contributed by atoms with E-state index in [1.807, 2.05) is 25.1 Å². The molecule has 2 nitrogen and oxygen atoms in total. The molecule has 0 saturated heterocycles. The summed E-state index contributed by atoms with van der Waals surface area (Å²) in [7, 11) is 0. The fourth-order valence-corrected chi connectivity index (χ4v) is 2.50. The van der Waals surface area contributed by atoms with Crippen LogP contribution in [0, 0.1) is 6.92 Å². The van der Waals surface area contributed by atoms with Gasteiger partial charge in [-0.3, -0.25) is 0 Å². The highest BCUT2D eigenvalue weighted by atomic mass is 79.9. The topological polar surface area (TPSA) is 35.2 Å². The molecule has 0 spiro atoms. The Hall–Kier alpha value is -1.10. The Labute approximate surface area is 130 Å². The first-order valence-electron chi connectivity index (χ1n) is 5.51. The maximum Gasteiger partial charge on any atom is 0.141 e. The number of thiocarbonyl (C=S) groups is 1. The Bertz CT molecular complexity index is 645. The summed E-state index contributed by atoms with van der Waals surface area (Å²) < 4.78 is 6.70. The van der Waals surface area contributed by atoms with Gasteiger partial charge < -0.3 is 10.5 Å². The molecule has 5 heteroatoms. The van der Waals surface area contributed by atoms with Crippen molar-refractivity contribution in [2.75, 3.05) is 0 Å². The minimum absolute atomic E-state index is 0.273. The van der Waals surface area contributed by atoms with E-state index in [1.165, 1.54) is 0 Å². The van der Waals surface area contributed by atoms with Crippen molar-refractivity contribution in [3.05, 3.63) is 57.0 Å². The molecule has 0 bridgehead atoms. The summed E-state index contributed by atoms with van der Waals surface area (Å²) in [4.78, 5) is 0.273. The minimum atomic E-state index is 0.273. The minimum Gasteiger partial charge on any atom is -0.455 e. The lowest BCUT2D eigenvalue weighted by Gasteiger charge is -2.12. The molecular formula is C14H11BrClNOS. The molecule has 19 heavy (non-hydrogen) atoms. The van der Waals surface area contributed by atoms with Gasteiger partial charge in [-0.05, 0) is 52.7 Å². The molecule has 0 aromatic heterocycles. The van der Waals surface area contributed by atoms with Gasteiger partial charge in [0.15, 0.2) is 0 Å². The highest BCUT2D eigenvalue weighted by Crippen LogP contribution is 2.33. The van der Waals surface area contributed by atoms with Gasteiger partial charge in [0, 0.05) is 11.1 Å². The molecule has 0 aliphatic heterocycles. The number of rotatable bonds is 3. The maximum atomic E-state index is 5.98. The van der Waals surface area contributed by atoms with E-state index in [4.69, 9.17) is 34.3 Å². The van der Waals surface area contributed by atoms with Gasteiger partial charge in [0.05, 0.1) is 10.0 Å². The molecule has 2 aromatic carbocycles. The van der Waals surface area contributed by atoms with Gasteiger partial charge >= 0.3 is 0 Å². The monoisotopic (exact) mass is 355 g/mol. The average Bonchev–Trinajstić information content (AvgIpc) is 2.32. The van der Waals surface area contributed by atoms with Crippen molar-refractivity contribution in [1.82, 2.24) is 0 Å². The second kappa shape index (κ2) is 5.90. The first kappa shape index (κ1) is 14.3. The van der Waals surface area contributed by atoms with Crippen molar-refractivity contribution in [3.63, 3.8) is 0 Å². The van der Waals surface area contributed by atoms with Crippen molar-refractivity contribution in [3.8, 4) is 11.5 Å². The summed E-state index contributed by atoms with van der Waals surface area (Å²) in [5.74, 6) is 1.23. The predicted molar refractivity (Wildman–Crippen MR) is 86.3 cm³/mol. The molecule has 0 unspecified atom stereocenters. The Morgan fingerprint density at radius 3 is 2.58 bits per heavy atom. The molecule has 0 saturated carbocycles. The second-order valence-electron chi connectivity index (χ2n) is 4.04.